The van der Waals surface area contributed by atoms with Gasteiger partial charge in [-0.3, -0.25) is 8.98 Å². The first-order chi connectivity index (χ1) is 10.8. The molecule has 1 amide bonds. The zero-order chi connectivity index (χ0) is 17.2. The van der Waals surface area contributed by atoms with E-state index in [-0.39, 0.29) is 24.5 Å². The second kappa shape index (κ2) is 6.76. The number of hydrogen-bond acceptors (Lipinski definition) is 6. The molecule has 1 aliphatic heterocycles. The van der Waals surface area contributed by atoms with Gasteiger partial charge in [0.2, 0.25) is 5.91 Å². The molecule has 0 bridgehead atoms. The number of amides is 1. The molecular formula is C15H21NO6S. The molecule has 128 valence electrons. The average Bonchev–Trinajstić information content (AvgIpc) is 2.52. The molecule has 1 saturated heterocycles. The predicted octanol–water partition coefficient (Wildman–Crippen LogP) is 1.03. The minimum atomic E-state index is -3.53. The van der Waals surface area contributed by atoms with Gasteiger partial charge >= 0.3 is 0 Å². The highest BCUT2D eigenvalue weighted by Gasteiger charge is 2.44. The van der Waals surface area contributed by atoms with Crippen LogP contribution < -0.4 is 9.47 Å². The second-order valence-electron chi connectivity index (χ2n) is 5.49. The minimum absolute atomic E-state index is 0.0371. The van der Waals surface area contributed by atoms with E-state index in [4.69, 9.17) is 13.7 Å². The summed E-state index contributed by atoms with van der Waals surface area (Å²) in [7, 11) is -0.426. The largest absolute Gasteiger partial charge is 0.497 e. The Kier molecular flexibility index (Phi) is 5.16. The monoisotopic (exact) mass is 343 g/mol. The first kappa shape index (κ1) is 17.6. The van der Waals surface area contributed by atoms with Gasteiger partial charge in [0.05, 0.1) is 39.0 Å². The van der Waals surface area contributed by atoms with Crippen molar-refractivity contribution in [2.45, 2.75) is 19.5 Å². The fourth-order valence-electron chi connectivity index (χ4n) is 2.57. The lowest BCUT2D eigenvalue weighted by molar-refractivity contribution is -0.158. The van der Waals surface area contributed by atoms with Crippen LogP contribution in [0, 0.1) is 5.92 Å². The Morgan fingerprint density at radius 2 is 1.91 bits per heavy atom. The summed E-state index contributed by atoms with van der Waals surface area (Å²) in [5.74, 6) is 0.969. The van der Waals surface area contributed by atoms with Gasteiger partial charge in [0.25, 0.3) is 10.1 Å². The molecule has 1 heterocycles. The fraction of sp³-hybridized carbons (Fsp3) is 0.533. The van der Waals surface area contributed by atoms with Crippen molar-refractivity contribution >= 4 is 16.0 Å². The van der Waals surface area contributed by atoms with E-state index in [1.54, 1.807) is 38.2 Å². The summed E-state index contributed by atoms with van der Waals surface area (Å²) < 4.78 is 37.6. The van der Waals surface area contributed by atoms with Gasteiger partial charge in [-0.25, -0.2) is 0 Å². The van der Waals surface area contributed by atoms with E-state index in [2.05, 4.69) is 0 Å². The van der Waals surface area contributed by atoms with E-state index < -0.39 is 10.1 Å². The van der Waals surface area contributed by atoms with E-state index in [0.717, 1.165) is 11.8 Å². The van der Waals surface area contributed by atoms with Crippen LogP contribution in [-0.4, -0.2) is 52.3 Å². The average molecular weight is 343 g/mol. The molecule has 0 aromatic heterocycles. The fourth-order valence-corrected chi connectivity index (χ4v) is 2.95. The molecule has 0 N–H and O–H groups in total. The van der Waals surface area contributed by atoms with E-state index >= 15 is 0 Å². The van der Waals surface area contributed by atoms with Crippen LogP contribution in [0.5, 0.6) is 11.5 Å². The number of likely N-dealkylation sites (tertiary alicyclic amines) is 1. The number of carbonyl (C=O) groups is 1. The summed E-state index contributed by atoms with van der Waals surface area (Å²) in [6.45, 7) is 2.05. The van der Waals surface area contributed by atoms with Crippen LogP contribution >= 0.6 is 0 Å². The maximum atomic E-state index is 12.1. The molecule has 1 fully saturated rings. The van der Waals surface area contributed by atoms with Crippen molar-refractivity contribution in [1.82, 2.24) is 4.90 Å². The highest BCUT2D eigenvalue weighted by molar-refractivity contribution is 7.85. The number of carbonyl (C=O) groups excluding carboxylic acids is 1. The molecule has 0 saturated carbocycles. The number of β-lactam (4-membered cyclic amide) rings is 1. The highest BCUT2D eigenvalue weighted by atomic mass is 32.2. The Labute approximate surface area is 136 Å². The number of rotatable bonds is 7. The van der Waals surface area contributed by atoms with E-state index in [9.17, 15) is 13.2 Å². The Morgan fingerprint density at radius 3 is 2.48 bits per heavy atom. The highest BCUT2D eigenvalue weighted by Crippen LogP contribution is 2.32. The summed E-state index contributed by atoms with van der Waals surface area (Å²) in [4.78, 5) is 13.7. The van der Waals surface area contributed by atoms with E-state index in [1.165, 1.54) is 0 Å². The number of methoxy groups -OCH3 is 2. The number of nitrogens with zero attached hydrogens (tertiary/aromatic N) is 1. The third-order valence-corrected chi connectivity index (χ3v) is 4.50. The molecule has 0 spiro atoms. The summed E-state index contributed by atoms with van der Waals surface area (Å²) in [6, 6.07) is 5.07. The van der Waals surface area contributed by atoms with Gasteiger partial charge < -0.3 is 14.4 Å². The van der Waals surface area contributed by atoms with Gasteiger partial charge in [-0.05, 0) is 12.1 Å². The summed E-state index contributed by atoms with van der Waals surface area (Å²) >= 11 is 0. The Hall–Kier alpha value is -1.80. The molecule has 0 unspecified atom stereocenters. The molecular weight excluding hydrogens is 322 g/mol. The standard InChI is InChI=1S/C15H21NO6S/c1-10-13(9-22-23(4,18)19)16(15(10)17)8-11-5-6-12(20-2)7-14(11)21-3/h5-7,10,13H,8-9H2,1-4H3/t10-,13+/m0/s1. The summed E-state index contributed by atoms with van der Waals surface area (Å²) in [6.07, 6.45) is 0.995. The zero-order valence-electron chi connectivity index (χ0n) is 13.6. The molecule has 1 aliphatic rings. The van der Waals surface area contributed by atoms with Crippen molar-refractivity contribution < 1.29 is 26.9 Å². The molecule has 0 aliphatic carbocycles. The first-order valence-electron chi connectivity index (χ1n) is 7.12. The van der Waals surface area contributed by atoms with Crippen molar-refractivity contribution in [3.8, 4) is 11.5 Å². The van der Waals surface area contributed by atoms with E-state index in [0.29, 0.717) is 18.0 Å². The maximum absolute atomic E-state index is 12.1. The third-order valence-electron chi connectivity index (χ3n) is 3.94. The quantitative estimate of drug-likeness (QED) is 0.543. The van der Waals surface area contributed by atoms with Crippen LogP contribution in [0.3, 0.4) is 0 Å². The number of hydrogen-bond donors (Lipinski definition) is 0. The first-order valence-corrected chi connectivity index (χ1v) is 8.94. The van der Waals surface area contributed by atoms with Crippen LogP contribution in [0.25, 0.3) is 0 Å². The summed E-state index contributed by atoms with van der Waals surface area (Å²) in [5.41, 5.74) is 0.818. The van der Waals surface area contributed by atoms with E-state index in [1.807, 2.05) is 6.07 Å². The molecule has 2 atom stereocenters. The van der Waals surface area contributed by atoms with Crippen molar-refractivity contribution in [2.75, 3.05) is 27.1 Å². The Bertz CT molecular complexity index is 687. The molecule has 1 aromatic rings. The van der Waals surface area contributed by atoms with Gasteiger partial charge in [0, 0.05) is 18.2 Å². The topological polar surface area (TPSA) is 82.1 Å². The molecule has 0 radical (unpaired) electrons. The minimum Gasteiger partial charge on any atom is -0.497 e. The Morgan fingerprint density at radius 1 is 1.22 bits per heavy atom. The molecule has 8 heteroatoms. The Balaban J connectivity index is 2.13. The third kappa shape index (κ3) is 3.94. The van der Waals surface area contributed by atoms with Crippen LogP contribution in [0.15, 0.2) is 18.2 Å². The second-order valence-corrected chi connectivity index (χ2v) is 7.13. The number of benzene rings is 1. The summed E-state index contributed by atoms with van der Waals surface area (Å²) in [5, 5.41) is 0. The lowest BCUT2D eigenvalue weighted by atomic mass is 9.89. The van der Waals surface area contributed by atoms with Gasteiger partial charge in [0.1, 0.15) is 11.5 Å². The lowest BCUT2D eigenvalue weighted by Crippen LogP contribution is -2.61. The van der Waals surface area contributed by atoms with Crippen molar-refractivity contribution in [2.24, 2.45) is 5.92 Å². The van der Waals surface area contributed by atoms with Crippen LogP contribution in [-0.2, 0) is 25.6 Å². The maximum Gasteiger partial charge on any atom is 0.264 e. The molecule has 7 nitrogen and oxygen atoms in total. The number of ether oxygens (including phenoxy) is 2. The lowest BCUT2D eigenvalue weighted by Gasteiger charge is -2.45. The van der Waals surface area contributed by atoms with Crippen LogP contribution in [0.1, 0.15) is 12.5 Å². The van der Waals surface area contributed by atoms with Gasteiger partial charge in [-0.2, -0.15) is 8.42 Å². The zero-order valence-corrected chi connectivity index (χ0v) is 14.4. The molecule has 2 rings (SSSR count). The molecule has 1 aromatic carbocycles. The van der Waals surface area contributed by atoms with Gasteiger partial charge in [-0.1, -0.05) is 6.92 Å². The van der Waals surface area contributed by atoms with Crippen LogP contribution in [0.2, 0.25) is 0 Å². The van der Waals surface area contributed by atoms with Gasteiger partial charge in [0.15, 0.2) is 0 Å². The normalized spacial score (nSPS) is 21.0. The predicted molar refractivity (Wildman–Crippen MR) is 83.8 cm³/mol. The molecule has 23 heavy (non-hydrogen) atoms. The van der Waals surface area contributed by atoms with Crippen LogP contribution in [0.4, 0.5) is 0 Å². The van der Waals surface area contributed by atoms with Crippen molar-refractivity contribution in [3.63, 3.8) is 0 Å². The SMILES string of the molecule is COc1ccc(CN2C(=O)[C@@H](C)[C@H]2COS(C)(=O)=O)c(OC)c1. The van der Waals surface area contributed by atoms with Gasteiger partial charge in [-0.15, -0.1) is 0 Å². The smallest absolute Gasteiger partial charge is 0.264 e. The van der Waals surface area contributed by atoms with Crippen molar-refractivity contribution in [1.29, 1.82) is 0 Å². The van der Waals surface area contributed by atoms with Crippen molar-refractivity contribution in [3.05, 3.63) is 23.8 Å².